The van der Waals surface area contributed by atoms with Gasteiger partial charge in [-0.3, -0.25) is 9.89 Å². The van der Waals surface area contributed by atoms with Crippen molar-refractivity contribution in [3.05, 3.63) is 40.4 Å². The molecule has 1 atom stereocenters. The maximum absolute atomic E-state index is 4.86. The van der Waals surface area contributed by atoms with Gasteiger partial charge in [-0.2, -0.15) is 0 Å². The van der Waals surface area contributed by atoms with Crippen LogP contribution in [0.3, 0.4) is 0 Å². The first-order valence-corrected chi connectivity index (χ1v) is 9.75. The molecule has 0 radical (unpaired) electrons. The van der Waals surface area contributed by atoms with E-state index in [2.05, 4.69) is 50.1 Å². The first kappa shape index (κ1) is 17.9. The van der Waals surface area contributed by atoms with Gasteiger partial charge in [0.15, 0.2) is 5.96 Å². The molecule has 7 heteroatoms. The molecular weight excluding hydrogens is 334 g/mol. The first-order valence-electron chi connectivity index (χ1n) is 8.87. The molecular formula is C18H27N5OS. The van der Waals surface area contributed by atoms with Gasteiger partial charge in [-0.05, 0) is 43.3 Å². The molecule has 1 aliphatic heterocycles. The molecule has 2 aromatic rings. The number of nitrogens with zero attached hydrogens (tertiary/aromatic N) is 3. The van der Waals surface area contributed by atoms with Gasteiger partial charge in [0.25, 0.3) is 0 Å². The van der Waals surface area contributed by atoms with Crippen LogP contribution >= 0.6 is 11.3 Å². The minimum absolute atomic E-state index is 0.387. The Labute approximate surface area is 153 Å². The van der Waals surface area contributed by atoms with Gasteiger partial charge in [0.05, 0.1) is 12.6 Å². The Bertz CT molecular complexity index is 632. The summed E-state index contributed by atoms with van der Waals surface area (Å²) in [6.45, 7) is 6.12. The van der Waals surface area contributed by atoms with Crippen LogP contribution in [-0.4, -0.2) is 42.7 Å². The minimum Gasteiger partial charge on any atom is -0.364 e. The Kier molecular flexibility index (Phi) is 6.47. The van der Waals surface area contributed by atoms with Crippen LogP contribution in [0, 0.1) is 5.92 Å². The normalized spacial score (nSPS) is 18.2. The predicted octanol–water partition coefficient (Wildman–Crippen LogP) is 2.87. The number of nitrogens with one attached hydrogen (secondary N) is 2. The van der Waals surface area contributed by atoms with E-state index in [4.69, 9.17) is 4.52 Å². The van der Waals surface area contributed by atoms with Crippen molar-refractivity contribution in [2.45, 2.75) is 32.4 Å². The fourth-order valence-electron chi connectivity index (χ4n) is 3.15. The van der Waals surface area contributed by atoms with E-state index in [9.17, 15) is 0 Å². The third-order valence-corrected chi connectivity index (χ3v) is 5.72. The zero-order valence-corrected chi connectivity index (χ0v) is 15.8. The number of thiophene rings is 1. The van der Waals surface area contributed by atoms with Crippen molar-refractivity contribution in [2.75, 3.05) is 26.7 Å². The quantitative estimate of drug-likeness (QED) is 0.612. The molecule has 1 saturated heterocycles. The van der Waals surface area contributed by atoms with Gasteiger partial charge in [0.2, 0.25) is 0 Å². The largest absolute Gasteiger partial charge is 0.364 e. The van der Waals surface area contributed by atoms with Gasteiger partial charge >= 0.3 is 0 Å². The lowest BCUT2D eigenvalue weighted by Gasteiger charge is -2.36. The van der Waals surface area contributed by atoms with Crippen LogP contribution in [0.15, 0.2) is 39.4 Å². The number of aliphatic imine (C=N–C) groups is 1. The van der Waals surface area contributed by atoms with Crippen LogP contribution < -0.4 is 10.6 Å². The second-order valence-electron chi connectivity index (χ2n) is 6.55. The number of likely N-dealkylation sites (tertiary alicyclic amines) is 1. The average Bonchev–Trinajstić information content (AvgIpc) is 3.33. The molecule has 1 unspecified atom stereocenters. The van der Waals surface area contributed by atoms with Crippen LogP contribution in [-0.2, 0) is 6.54 Å². The molecule has 1 aliphatic rings. The fraction of sp³-hybridized carbons (Fsp3) is 0.556. The molecule has 0 amide bonds. The zero-order valence-electron chi connectivity index (χ0n) is 14.9. The summed E-state index contributed by atoms with van der Waals surface area (Å²) in [7, 11) is 1.79. The summed E-state index contributed by atoms with van der Waals surface area (Å²) in [4.78, 5) is 8.33. The second kappa shape index (κ2) is 9.01. The molecule has 0 saturated carbocycles. The highest BCUT2D eigenvalue weighted by Crippen LogP contribution is 2.28. The monoisotopic (exact) mass is 361 g/mol. The SMILES string of the molecule is CN=C(NCc1ccon1)NCC(c1cccs1)N1CCC(C)CC1. The third kappa shape index (κ3) is 5.06. The molecule has 2 N–H and O–H groups in total. The molecule has 3 rings (SSSR count). The lowest BCUT2D eigenvalue weighted by Crippen LogP contribution is -2.44. The van der Waals surface area contributed by atoms with Gasteiger partial charge < -0.3 is 15.2 Å². The molecule has 3 heterocycles. The van der Waals surface area contributed by atoms with E-state index in [1.165, 1.54) is 17.7 Å². The lowest BCUT2D eigenvalue weighted by atomic mass is 9.97. The number of hydrogen-bond acceptors (Lipinski definition) is 5. The minimum atomic E-state index is 0.387. The summed E-state index contributed by atoms with van der Waals surface area (Å²) in [5.41, 5.74) is 0.864. The maximum Gasteiger partial charge on any atom is 0.191 e. The molecule has 0 bridgehead atoms. The van der Waals surface area contributed by atoms with Gasteiger partial charge in [-0.15, -0.1) is 11.3 Å². The summed E-state index contributed by atoms with van der Waals surface area (Å²) < 4.78 is 4.86. The van der Waals surface area contributed by atoms with Crippen molar-refractivity contribution in [1.29, 1.82) is 0 Å². The summed E-state index contributed by atoms with van der Waals surface area (Å²) in [5.74, 6) is 1.63. The van der Waals surface area contributed by atoms with E-state index in [0.29, 0.717) is 12.6 Å². The topological polar surface area (TPSA) is 65.7 Å². The molecule has 6 nitrogen and oxygen atoms in total. The van der Waals surface area contributed by atoms with Crippen molar-refractivity contribution in [1.82, 2.24) is 20.7 Å². The Balaban J connectivity index is 1.57. The van der Waals surface area contributed by atoms with E-state index in [-0.39, 0.29) is 0 Å². The van der Waals surface area contributed by atoms with Crippen molar-refractivity contribution >= 4 is 17.3 Å². The van der Waals surface area contributed by atoms with Crippen LogP contribution in [0.2, 0.25) is 0 Å². The maximum atomic E-state index is 4.86. The lowest BCUT2D eigenvalue weighted by molar-refractivity contribution is 0.140. The van der Waals surface area contributed by atoms with Gasteiger partial charge in [0.1, 0.15) is 12.0 Å². The van der Waals surface area contributed by atoms with Crippen LogP contribution in [0.25, 0.3) is 0 Å². The van der Waals surface area contributed by atoms with E-state index in [1.807, 2.05) is 17.4 Å². The van der Waals surface area contributed by atoms with Crippen LogP contribution in [0.4, 0.5) is 0 Å². The Hall–Kier alpha value is -1.86. The molecule has 2 aromatic heterocycles. The van der Waals surface area contributed by atoms with Crippen molar-refractivity contribution in [2.24, 2.45) is 10.9 Å². The van der Waals surface area contributed by atoms with E-state index < -0.39 is 0 Å². The Morgan fingerprint density at radius 1 is 1.40 bits per heavy atom. The summed E-state index contributed by atoms with van der Waals surface area (Å²) in [5, 5.41) is 12.8. The summed E-state index contributed by atoms with van der Waals surface area (Å²) in [6.07, 6.45) is 4.14. The number of rotatable bonds is 6. The number of piperidine rings is 1. The van der Waals surface area contributed by atoms with Crippen molar-refractivity contribution in [3.63, 3.8) is 0 Å². The predicted molar refractivity (Wildman–Crippen MR) is 102 cm³/mol. The van der Waals surface area contributed by atoms with Crippen molar-refractivity contribution in [3.8, 4) is 0 Å². The second-order valence-corrected chi connectivity index (χ2v) is 7.53. The Morgan fingerprint density at radius 2 is 2.24 bits per heavy atom. The van der Waals surface area contributed by atoms with Gasteiger partial charge in [-0.1, -0.05) is 18.1 Å². The molecule has 0 aromatic carbocycles. The van der Waals surface area contributed by atoms with E-state index in [0.717, 1.165) is 37.2 Å². The molecule has 136 valence electrons. The fourth-order valence-corrected chi connectivity index (χ4v) is 4.01. The van der Waals surface area contributed by atoms with Crippen LogP contribution in [0.5, 0.6) is 0 Å². The van der Waals surface area contributed by atoms with Crippen molar-refractivity contribution < 1.29 is 4.52 Å². The van der Waals surface area contributed by atoms with Crippen LogP contribution in [0.1, 0.15) is 36.4 Å². The van der Waals surface area contributed by atoms with E-state index >= 15 is 0 Å². The van der Waals surface area contributed by atoms with E-state index in [1.54, 1.807) is 13.3 Å². The summed E-state index contributed by atoms with van der Waals surface area (Å²) in [6, 6.07) is 6.61. The van der Waals surface area contributed by atoms with Gasteiger partial charge in [0, 0.05) is 24.5 Å². The molecule has 0 aliphatic carbocycles. The zero-order chi connectivity index (χ0) is 17.5. The number of aromatic nitrogens is 1. The summed E-state index contributed by atoms with van der Waals surface area (Å²) >= 11 is 1.83. The van der Waals surface area contributed by atoms with Gasteiger partial charge in [-0.25, -0.2) is 0 Å². The smallest absolute Gasteiger partial charge is 0.191 e. The average molecular weight is 362 g/mol. The highest BCUT2D eigenvalue weighted by molar-refractivity contribution is 7.10. The molecule has 1 fully saturated rings. The molecule has 25 heavy (non-hydrogen) atoms. The highest BCUT2D eigenvalue weighted by atomic mass is 32.1. The highest BCUT2D eigenvalue weighted by Gasteiger charge is 2.25. The first-order chi connectivity index (χ1) is 12.3. The third-order valence-electron chi connectivity index (χ3n) is 4.75. The Morgan fingerprint density at radius 3 is 2.88 bits per heavy atom. The number of hydrogen-bond donors (Lipinski definition) is 2. The molecule has 0 spiro atoms. The number of guanidine groups is 1. The standard InChI is InChI=1S/C18H27N5OS/c1-14-5-8-23(9-6-14)16(17-4-3-11-25-17)13-21-18(19-2)20-12-15-7-10-24-22-15/h3-4,7,10-11,14,16H,5-6,8-9,12-13H2,1-2H3,(H2,19,20,21).